The van der Waals surface area contributed by atoms with Crippen LogP contribution in [0.4, 0.5) is 18.9 Å². The highest BCUT2D eigenvalue weighted by Crippen LogP contribution is 2.29. The SMILES string of the molecule is CCOc1ncccc1C(=O)OCC(=O)Nc1ccc(C(F)(F)F)cc1. The summed E-state index contributed by atoms with van der Waals surface area (Å²) in [6.07, 6.45) is -3.01. The van der Waals surface area contributed by atoms with Gasteiger partial charge in [-0.2, -0.15) is 13.2 Å². The molecule has 1 aromatic heterocycles. The number of carbonyl (C=O) groups excluding carboxylic acids is 2. The fourth-order valence-electron chi connectivity index (χ4n) is 1.95. The van der Waals surface area contributed by atoms with E-state index in [0.717, 1.165) is 24.3 Å². The van der Waals surface area contributed by atoms with Crippen LogP contribution >= 0.6 is 0 Å². The molecule has 0 fully saturated rings. The van der Waals surface area contributed by atoms with Crippen molar-refractivity contribution in [3.8, 4) is 5.88 Å². The van der Waals surface area contributed by atoms with Gasteiger partial charge in [-0.05, 0) is 43.3 Å². The van der Waals surface area contributed by atoms with Crippen LogP contribution < -0.4 is 10.1 Å². The molecule has 138 valence electrons. The van der Waals surface area contributed by atoms with Crippen LogP contribution in [0.25, 0.3) is 0 Å². The molecular weight excluding hydrogens is 353 g/mol. The fraction of sp³-hybridized carbons (Fsp3) is 0.235. The molecular formula is C17H15F3N2O4. The molecule has 0 atom stereocenters. The van der Waals surface area contributed by atoms with Gasteiger partial charge >= 0.3 is 12.1 Å². The Morgan fingerprint density at radius 1 is 1.15 bits per heavy atom. The predicted molar refractivity (Wildman–Crippen MR) is 85.8 cm³/mol. The summed E-state index contributed by atoms with van der Waals surface area (Å²) in [5, 5.41) is 2.34. The summed E-state index contributed by atoms with van der Waals surface area (Å²) in [4.78, 5) is 27.7. The van der Waals surface area contributed by atoms with Crippen molar-refractivity contribution in [3.05, 3.63) is 53.7 Å². The van der Waals surface area contributed by atoms with Gasteiger partial charge in [-0.1, -0.05) is 0 Å². The molecule has 0 spiro atoms. The van der Waals surface area contributed by atoms with Crippen molar-refractivity contribution in [1.82, 2.24) is 4.98 Å². The van der Waals surface area contributed by atoms with E-state index in [1.54, 1.807) is 6.92 Å². The van der Waals surface area contributed by atoms with E-state index >= 15 is 0 Å². The van der Waals surface area contributed by atoms with Crippen LogP contribution in [-0.2, 0) is 15.7 Å². The van der Waals surface area contributed by atoms with Gasteiger partial charge in [0.15, 0.2) is 6.61 Å². The molecule has 1 aromatic carbocycles. The molecule has 0 aliphatic rings. The van der Waals surface area contributed by atoms with Gasteiger partial charge in [-0.3, -0.25) is 4.79 Å². The number of hydrogen-bond acceptors (Lipinski definition) is 5. The maximum absolute atomic E-state index is 12.5. The highest BCUT2D eigenvalue weighted by molar-refractivity contribution is 5.96. The molecule has 0 saturated heterocycles. The number of benzene rings is 1. The smallest absolute Gasteiger partial charge is 0.416 e. The zero-order valence-electron chi connectivity index (χ0n) is 13.7. The molecule has 0 radical (unpaired) electrons. The lowest BCUT2D eigenvalue weighted by molar-refractivity contribution is -0.137. The number of rotatable bonds is 6. The number of carbonyl (C=O) groups is 2. The molecule has 6 nitrogen and oxygen atoms in total. The van der Waals surface area contributed by atoms with Crippen LogP contribution in [0.3, 0.4) is 0 Å². The van der Waals surface area contributed by atoms with Crippen molar-refractivity contribution in [1.29, 1.82) is 0 Å². The van der Waals surface area contributed by atoms with E-state index < -0.39 is 30.2 Å². The van der Waals surface area contributed by atoms with Crippen LogP contribution in [0.1, 0.15) is 22.8 Å². The molecule has 9 heteroatoms. The standard InChI is InChI=1S/C17H15F3N2O4/c1-2-25-15-13(4-3-9-21-15)16(24)26-10-14(23)22-12-7-5-11(6-8-12)17(18,19)20/h3-9H,2,10H2,1H3,(H,22,23). The summed E-state index contributed by atoms with van der Waals surface area (Å²) >= 11 is 0. The van der Waals surface area contributed by atoms with Crippen LogP contribution in [0, 0.1) is 0 Å². The summed E-state index contributed by atoms with van der Waals surface area (Å²) < 4.78 is 47.5. The Balaban J connectivity index is 1.92. The van der Waals surface area contributed by atoms with Crippen molar-refractivity contribution in [3.63, 3.8) is 0 Å². The number of esters is 1. The van der Waals surface area contributed by atoms with Gasteiger partial charge in [0.1, 0.15) is 5.56 Å². The first-order chi connectivity index (χ1) is 12.3. The van der Waals surface area contributed by atoms with E-state index in [9.17, 15) is 22.8 Å². The zero-order valence-corrected chi connectivity index (χ0v) is 13.7. The third-order valence-corrected chi connectivity index (χ3v) is 3.10. The van der Waals surface area contributed by atoms with Gasteiger partial charge in [0.25, 0.3) is 5.91 Å². The van der Waals surface area contributed by atoms with Crippen LogP contribution in [0.2, 0.25) is 0 Å². The number of nitrogens with one attached hydrogen (secondary N) is 1. The molecule has 1 amide bonds. The summed E-state index contributed by atoms with van der Waals surface area (Å²) in [6, 6.07) is 6.85. The Labute approximate surface area is 146 Å². The quantitative estimate of drug-likeness (QED) is 0.792. The largest absolute Gasteiger partial charge is 0.477 e. The van der Waals surface area contributed by atoms with Crippen molar-refractivity contribution in [2.45, 2.75) is 13.1 Å². The highest BCUT2D eigenvalue weighted by Gasteiger charge is 2.30. The van der Waals surface area contributed by atoms with Crippen molar-refractivity contribution in [2.75, 3.05) is 18.5 Å². The second-order valence-corrected chi connectivity index (χ2v) is 4.99. The molecule has 0 saturated carbocycles. The molecule has 1 N–H and O–H groups in total. The van der Waals surface area contributed by atoms with Gasteiger partial charge in [0, 0.05) is 11.9 Å². The molecule has 26 heavy (non-hydrogen) atoms. The van der Waals surface area contributed by atoms with Gasteiger partial charge in [0.05, 0.1) is 12.2 Å². The Morgan fingerprint density at radius 2 is 1.85 bits per heavy atom. The molecule has 2 aromatic rings. The Morgan fingerprint density at radius 3 is 2.46 bits per heavy atom. The summed E-state index contributed by atoms with van der Waals surface area (Å²) in [5.74, 6) is -1.41. The molecule has 0 unspecified atom stereocenters. The maximum atomic E-state index is 12.5. The second kappa shape index (κ2) is 8.32. The van der Waals surface area contributed by atoms with E-state index in [2.05, 4.69) is 10.3 Å². The lowest BCUT2D eigenvalue weighted by Crippen LogP contribution is -2.21. The maximum Gasteiger partial charge on any atom is 0.416 e. The number of ether oxygens (including phenoxy) is 2. The summed E-state index contributed by atoms with van der Waals surface area (Å²) in [7, 11) is 0. The minimum Gasteiger partial charge on any atom is -0.477 e. The van der Waals surface area contributed by atoms with Crippen molar-refractivity contribution in [2.24, 2.45) is 0 Å². The lowest BCUT2D eigenvalue weighted by Gasteiger charge is -2.10. The topological polar surface area (TPSA) is 77.5 Å². The van der Waals surface area contributed by atoms with Crippen molar-refractivity contribution >= 4 is 17.6 Å². The van der Waals surface area contributed by atoms with E-state index in [1.165, 1.54) is 18.3 Å². The zero-order chi connectivity index (χ0) is 19.2. The van der Waals surface area contributed by atoms with Gasteiger partial charge in [-0.15, -0.1) is 0 Å². The number of aromatic nitrogens is 1. The monoisotopic (exact) mass is 368 g/mol. The second-order valence-electron chi connectivity index (χ2n) is 4.99. The number of halogens is 3. The number of amides is 1. The van der Waals surface area contributed by atoms with Crippen molar-refractivity contribution < 1.29 is 32.2 Å². The van der Waals surface area contributed by atoms with Crippen LogP contribution in [0.5, 0.6) is 5.88 Å². The van der Waals surface area contributed by atoms with E-state index in [0.29, 0.717) is 6.61 Å². The summed E-state index contributed by atoms with van der Waals surface area (Å²) in [5.41, 5.74) is -0.617. The minimum absolute atomic E-state index is 0.0664. The third kappa shape index (κ3) is 5.20. The van der Waals surface area contributed by atoms with Crippen LogP contribution in [0.15, 0.2) is 42.6 Å². The lowest BCUT2D eigenvalue weighted by atomic mass is 10.2. The Hall–Kier alpha value is -3.10. The minimum atomic E-state index is -4.46. The molecule has 1 heterocycles. The third-order valence-electron chi connectivity index (χ3n) is 3.10. The number of anilines is 1. The number of pyridine rings is 1. The van der Waals surface area contributed by atoms with Gasteiger partial charge in [-0.25, -0.2) is 9.78 Å². The van der Waals surface area contributed by atoms with Crippen LogP contribution in [-0.4, -0.2) is 30.1 Å². The average molecular weight is 368 g/mol. The number of nitrogens with zero attached hydrogens (tertiary/aromatic N) is 1. The molecule has 0 aliphatic carbocycles. The van der Waals surface area contributed by atoms with Gasteiger partial charge in [0.2, 0.25) is 5.88 Å². The first-order valence-electron chi connectivity index (χ1n) is 7.53. The van der Waals surface area contributed by atoms with E-state index in [-0.39, 0.29) is 17.1 Å². The fourth-order valence-corrected chi connectivity index (χ4v) is 1.95. The normalized spacial score (nSPS) is 10.9. The average Bonchev–Trinajstić information content (AvgIpc) is 2.60. The molecule has 0 bridgehead atoms. The van der Waals surface area contributed by atoms with E-state index in [1.807, 2.05) is 0 Å². The predicted octanol–water partition coefficient (Wildman–Crippen LogP) is 3.29. The number of hydrogen-bond donors (Lipinski definition) is 1. The van der Waals surface area contributed by atoms with Gasteiger partial charge < -0.3 is 14.8 Å². The first kappa shape index (κ1) is 19.2. The number of alkyl halides is 3. The Bertz CT molecular complexity index is 776. The molecule has 2 rings (SSSR count). The highest BCUT2D eigenvalue weighted by atomic mass is 19.4. The first-order valence-corrected chi connectivity index (χ1v) is 7.53. The molecule has 0 aliphatic heterocycles. The summed E-state index contributed by atoms with van der Waals surface area (Å²) in [6.45, 7) is 1.41. The Kier molecular flexibility index (Phi) is 6.16. The van der Waals surface area contributed by atoms with E-state index in [4.69, 9.17) is 9.47 Å².